The van der Waals surface area contributed by atoms with E-state index in [4.69, 9.17) is 5.73 Å². The van der Waals surface area contributed by atoms with Gasteiger partial charge in [-0.1, -0.05) is 48.5 Å². The summed E-state index contributed by atoms with van der Waals surface area (Å²) in [4.78, 5) is 57.7. The molecule has 2 aromatic carbocycles. The maximum Gasteiger partial charge on any atom is 0.249 e. The normalized spacial score (nSPS) is 20.8. The van der Waals surface area contributed by atoms with E-state index >= 15 is 0 Å². The summed E-state index contributed by atoms with van der Waals surface area (Å²) in [6.45, 7) is 0.344. The number of fused-ring (bicyclic) bond motifs is 1. The van der Waals surface area contributed by atoms with Crippen LogP contribution in [0.3, 0.4) is 0 Å². The van der Waals surface area contributed by atoms with E-state index < -0.39 is 36.0 Å². The molecule has 2 saturated heterocycles. The first-order valence-electron chi connectivity index (χ1n) is 14.5. The SMILES string of the molecule is Cl.Cl.Cl.NCC(=O)N[C@@H]1CN[C@H](C(=O)N2C[C@H](NC(=O)[C@H](O)CCc3ccccc3)C[C@H]2C(=O)Nc2cnc3ccccc3c2)C1. The van der Waals surface area contributed by atoms with E-state index in [1.807, 2.05) is 60.7 Å². The highest BCUT2D eigenvalue weighted by molar-refractivity contribution is 5.99. The smallest absolute Gasteiger partial charge is 0.249 e. The molecule has 12 nitrogen and oxygen atoms in total. The van der Waals surface area contributed by atoms with Crippen molar-refractivity contribution in [3.8, 4) is 0 Å². The molecule has 3 aromatic rings. The van der Waals surface area contributed by atoms with Crippen molar-refractivity contribution >= 4 is 77.4 Å². The minimum Gasteiger partial charge on any atom is -0.383 e. The number of benzene rings is 2. The lowest BCUT2D eigenvalue weighted by atomic mass is 10.1. The second kappa shape index (κ2) is 18.0. The number of nitrogens with one attached hydrogen (secondary N) is 4. The summed E-state index contributed by atoms with van der Waals surface area (Å²) in [6, 6.07) is 16.6. The summed E-state index contributed by atoms with van der Waals surface area (Å²) in [5.74, 6) is -1.56. The van der Waals surface area contributed by atoms with Gasteiger partial charge < -0.3 is 37.0 Å². The van der Waals surface area contributed by atoms with Crippen molar-refractivity contribution in [2.45, 2.75) is 56.0 Å². The van der Waals surface area contributed by atoms with E-state index in [-0.39, 0.29) is 81.0 Å². The van der Waals surface area contributed by atoms with Gasteiger partial charge in [-0.25, -0.2) is 0 Å². The van der Waals surface area contributed by atoms with Gasteiger partial charge >= 0.3 is 0 Å². The van der Waals surface area contributed by atoms with Crippen molar-refractivity contribution in [1.29, 1.82) is 0 Å². The van der Waals surface area contributed by atoms with Gasteiger partial charge in [-0.3, -0.25) is 24.2 Å². The van der Waals surface area contributed by atoms with Crippen LogP contribution >= 0.6 is 37.2 Å². The first kappa shape index (κ1) is 38.7. The zero-order chi connectivity index (χ0) is 30.3. The number of aliphatic hydroxyl groups is 1. The highest BCUT2D eigenvalue weighted by Gasteiger charge is 2.44. The standard InChI is InChI=1S/C31H37N7O5.3ClH/c32-15-28(40)35-22-13-25(34-17-22)31(43)38-18-23(37-30(42)27(39)11-10-19-6-2-1-3-7-19)14-26(38)29(41)36-21-12-20-8-4-5-9-24(20)33-16-21;;;/h1-9,12,16,22-23,25-27,34,39H,10-11,13-15,17-18,32H2,(H,35,40)(H,36,41)(H,37,42);3*1H/t22-,23+,25-,26-,27+;;;/m0.../s1. The average Bonchev–Trinajstić information content (AvgIpc) is 3.67. The second-order valence-electron chi connectivity index (χ2n) is 11.1. The van der Waals surface area contributed by atoms with E-state index in [1.165, 1.54) is 4.90 Å². The number of halogens is 3. The molecule has 1 aromatic heterocycles. The largest absolute Gasteiger partial charge is 0.383 e. The molecule has 46 heavy (non-hydrogen) atoms. The molecule has 5 atom stereocenters. The molecular formula is C31H40Cl3N7O5. The molecule has 0 aliphatic carbocycles. The van der Waals surface area contributed by atoms with Crippen LogP contribution in [-0.4, -0.2) is 88.5 Å². The average molecular weight is 697 g/mol. The van der Waals surface area contributed by atoms with Gasteiger partial charge in [0.2, 0.25) is 23.6 Å². The predicted molar refractivity (Wildman–Crippen MR) is 182 cm³/mol. The number of para-hydroxylation sites is 1. The molecule has 0 radical (unpaired) electrons. The zero-order valence-electron chi connectivity index (χ0n) is 25.0. The van der Waals surface area contributed by atoms with Gasteiger partial charge in [0, 0.05) is 30.6 Å². The molecule has 15 heteroatoms. The number of nitrogens with two attached hydrogens (primary N) is 1. The van der Waals surface area contributed by atoms with Crippen molar-refractivity contribution in [3.63, 3.8) is 0 Å². The Morgan fingerprint density at radius 2 is 1.70 bits per heavy atom. The summed E-state index contributed by atoms with van der Waals surface area (Å²) >= 11 is 0. The Bertz CT molecular complexity index is 1490. The van der Waals surface area contributed by atoms with Gasteiger partial charge in [0.05, 0.1) is 30.0 Å². The number of anilines is 1. The molecule has 2 fully saturated rings. The lowest BCUT2D eigenvalue weighted by Gasteiger charge is -2.26. The number of amides is 4. The Morgan fingerprint density at radius 1 is 0.978 bits per heavy atom. The van der Waals surface area contributed by atoms with Crippen LogP contribution in [-0.2, 0) is 25.6 Å². The molecule has 2 aliphatic rings. The van der Waals surface area contributed by atoms with E-state index in [1.54, 1.807) is 6.20 Å². The highest BCUT2D eigenvalue weighted by atomic mass is 35.5. The monoisotopic (exact) mass is 695 g/mol. The number of carbonyl (C=O) groups excluding carboxylic acids is 4. The molecule has 0 saturated carbocycles. The lowest BCUT2D eigenvalue weighted by Crippen LogP contribution is -2.50. The van der Waals surface area contributed by atoms with Crippen LogP contribution in [0.5, 0.6) is 0 Å². The minimum absolute atomic E-state index is 0. The third-order valence-electron chi connectivity index (χ3n) is 7.92. The van der Waals surface area contributed by atoms with Crippen LogP contribution in [0.1, 0.15) is 24.8 Å². The van der Waals surface area contributed by atoms with Gasteiger partial charge in [0.15, 0.2) is 0 Å². The maximum atomic E-state index is 13.7. The number of likely N-dealkylation sites (tertiary alicyclic amines) is 1. The van der Waals surface area contributed by atoms with E-state index in [0.29, 0.717) is 25.1 Å². The summed E-state index contributed by atoms with van der Waals surface area (Å²) in [5.41, 5.74) is 7.69. The molecule has 4 amide bonds. The molecule has 5 rings (SSSR count). The van der Waals surface area contributed by atoms with Gasteiger partial charge in [-0.05, 0) is 43.4 Å². The van der Waals surface area contributed by atoms with Crippen molar-refractivity contribution in [2.24, 2.45) is 5.73 Å². The molecule has 2 aliphatic heterocycles. The van der Waals surface area contributed by atoms with Crippen molar-refractivity contribution < 1.29 is 24.3 Å². The van der Waals surface area contributed by atoms with Gasteiger partial charge in [0.1, 0.15) is 12.1 Å². The first-order valence-corrected chi connectivity index (χ1v) is 14.5. The third-order valence-corrected chi connectivity index (χ3v) is 7.92. The number of hydrogen-bond donors (Lipinski definition) is 6. The van der Waals surface area contributed by atoms with Crippen LogP contribution in [0.4, 0.5) is 5.69 Å². The topological polar surface area (TPSA) is 179 Å². The van der Waals surface area contributed by atoms with Gasteiger partial charge in [-0.15, -0.1) is 37.2 Å². The van der Waals surface area contributed by atoms with Crippen molar-refractivity contribution in [1.82, 2.24) is 25.8 Å². The number of nitrogens with zero attached hydrogens (tertiary/aromatic N) is 2. The molecule has 7 N–H and O–H groups in total. The molecule has 0 bridgehead atoms. The van der Waals surface area contributed by atoms with E-state index in [2.05, 4.69) is 26.3 Å². The molecule has 3 heterocycles. The lowest BCUT2D eigenvalue weighted by molar-refractivity contribution is -0.138. The second-order valence-corrected chi connectivity index (χ2v) is 11.1. The Balaban J connectivity index is 0.00000245. The predicted octanol–water partition coefficient (Wildman–Crippen LogP) is 1.32. The molecule has 0 spiro atoms. The quantitative estimate of drug-likeness (QED) is 0.184. The van der Waals surface area contributed by atoms with Crippen LogP contribution in [0.15, 0.2) is 66.9 Å². The summed E-state index contributed by atoms with van der Waals surface area (Å²) < 4.78 is 0. The summed E-state index contributed by atoms with van der Waals surface area (Å²) in [6.07, 6.45) is 1.63. The first-order chi connectivity index (χ1) is 20.8. The number of hydrogen-bond acceptors (Lipinski definition) is 8. The van der Waals surface area contributed by atoms with Crippen LogP contribution in [0.2, 0.25) is 0 Å². The van der Waals surface area contributed by atoms with Gasteiger partial charge in [-0.2, -0.15) is 0 Å². The highest BCUT2D eigenvalue weighted by Crippen LogP contribution is 2.24. The Kier molecular flexibility index (Phi) is 15.1. The number of aliphatic hydroxyl groups excluding tert-OH is 1. The number of pyridine rings is 1. The third kappa shape index (κ3) is 9.74. The summed E-state index contributed by atoms with van der Waals surface area (Å²) in [5, 5.41) is 23.0. The molecule has 250 valence electrons. The Labute approximate surface area is 285 Å². The van der Waals surface area contributed by atoms with Crippen LogP contribution in [0, 0.1) is 0 Å². The van der Waals surface area contributed by atoms with Crippen LogP contribution < -0.4 is 27.0 Å². The molecule has 0 unspecified atom stereocenters. The van der Waals surface area contributed by atoms with Gasteiger partial charge in [0.25, 0.3) is 0 Å². The Morgan fingerprint density at radius 3 is 2.43 bits per heavy atom. The minimum atomic E-state index is -1.23. The van der Waals surface area contributed by atoms with Crippen molar-refractivity contribution in [3.05, 3.63) is 72.4 Å². The summed E-state index contributed by atoms with van der Waals surface area (Å²) in [7, 11) is 0. The number of rotatable bonds is 10. The fourth-order valence-electron chi connectivity index (χ4n) is 5.69. The maximum absolute atomic E-state index is 13.7. The number of carbonyl (C=O) groups is 4. The van der Waals surface area contributed by atoms with Crippen LogP contribution in [0.25, 0.3) is 10.9 Å². The molecular weight excluding hydrogens is 657 g/mol. The number of aromatic nitrogens is 1. The fourth-order valence-corrected chi connectivity index (χ4v) is 5.69. The van der Waals surface area contributed by atoms with E-state index in [0.717, 1.165) is 16.5 Å². The fraction of sp³-hybridized carbons (Fsp3) is 0.387. The Hall–Kier alpha value is -3.52. The van der Waals surface area contributed by atoms with Crippen molar-refractivity contribution in [2.75, 3.05) is 25.0 Å². The zero-order valence-corrected chi connectivity index (χ0v) is 27.4. The van der Waals surface area contributed by atoms with E-state index in [9.17, 15) is 24.3 Å². The number of aryl methyl sites for hydroxylation is 1.